The summed E-state index contributed by atoms with van der Waals surface area (Å²) >= 11 is 0. The summed E-state index contributed by atoms with van der Waals surface area (Å²) in [5.41, 5.74) is 0. The number of hydrogen-bond donors (Lipinski definition) is 4. The molecular formula is C20H32O10. The van der Waals surface area contributed by atoms with Crippen LogP contribution in [0.15, 0.2) is 16.5 Å². The van der Waals surface area contributed by atoms with E-state index in [4.69, 9.17) is 28.5 Å². The predicted octanol–water partition coefficient (Wildman–Crippen LogP) is 1.47. The molecule has 1 aromatic rings. The number of unbranched alkanes of at least 4 members (excludes halogenated alkanes) is 5. The number of carbonyl (C=O) groups excluding carboxylic acids is 1. The van der Waals surface area contributed by atoms with E-state index in [-0.39, 0.29) is 24.9 Å². The maximum Gasteiger partial charge on any atom is 0.516 e. The van der Waals surface area contributed by atoms with Crippen LogP contribution in [0.3, 0.4) is 0 Å². The fourth-order valence-electron chi connectivity index (χ4n) is 3.01. The highest BCUT2D eigenvalue weighted by Gasteiger charge is 2.44. The lowest BCUT2D eigenvalue weighted by atomic mass is 9.99. The van der Waals surface area contributed by atoms with Crippen LogP contribution < -0.4 is 4.74 Å². The van der Waals surface area contributed by atoms with E-state index in [1.165, 1.54) is 31.4 Å². The van der Waals surface area contributed by atoms with Crippen molar-refractivity contribution in [3.05, 3.63) is 17.9 Å². The Hall–Kier alpha value is -1.69. The van der Waals surface area contributed by atoms with Crippen molar-refractivity contribution in [3.8, 4) is 5.95 Å². The fraction of sp³-hybridized carbons (Fsp3) is 0.750. The average Bonchev–Trinajstić information content (AvgIpc) is 3.18. The van der Waals surface area contributed by atoms with Crippen molar-refractivity contribution in [1.82, 2.24) is 0 Å². The molecule has 2 rings (SSSR count). The van der Waals surface area contributed by atoms with Gasteiger partial charge in [0, 0.05) is 6.07 Å². The third-order valence-corrected chi connectivity index (χ3v) is 4.78. The van der Waals surface area contributed by atoms with Crippen molar-refractivity contribution >= 4 is 6.16 Å². The summed E-state index contributed by atoms with van der Waals surface area (Å²) in [6.45, 7) is 1.71. The Morgan fingerprint density at radius 1 is 1.03 bits per heavy atom. The molecule has 0 spiro atoms. The van der Waals surface area contributed by atoms with E-state index in [2.05, 4.69) is 6.92 Å². The van der Waals surface area contributed by atoms with Gasteiger partial charge in [0.15, 0.2) is 6.29 Å². The molecule has 1 fully saturated rings. The third kappa shape index (κ3) is 7.53. The highest BCUT2D eigenvalue weighted by Crippen LogP contribution is 2.24. The van der Waals surface area contributed by atoms with Crippen molar-refractivity contribution < 1.29 is 48.6 Å². The van der Waals surface area contributed by atoms with Gasteiger partial charge in [-0.2, -0.15) is 0 Å². The zero-order valence-corrected chi connectivity index (χ0v) is 17.1. The van der Waals surface area contributed by atoms with Gasteiger partial charge in [-0.1, -0.05) is 39.0 Å². The third-order valence-electron chi connectivity index (χ3n) is 4.78. The Labute approximate surface area is 175 Å². The number of aliphatic hydroxyl groups excluding tert-OH is 4. The van der Waals surface area contributed by atoms with Gasteiger partial charge in [0.1, 0.15) is 36.8 Å². The molecule has 1 aliphatic rings. The number of aliphatic hydroxyl groups is 4. The SMILES string of the molecule is CCCCCCCCOC(=O)Oc1ccc(CO[C@H]2O[C@H](CO)[C@@H](O)[C@H](O)[C@H]2O)o1. The number of furan rings is 1. The van der Waals surface area contributed by atoms with Gasteiger partial charge in [-0.05, 0) is 12.5 Å². The minimum atomic E-state index is -1.53. The van der Waals surface area contributed by atoms with Crippen LogP contribution in [-0.2, 0) is 20.8 Å². The first kappa shape index (κ1) is 24.6. The van der Waals surface area contributed by atoms with Crippen molar-refractivity contribution in [1.29, 1.82) is 0 Å². The highest BCUT2D eigenvalue weighted by atomic mass is 16.8. The van der Waals surface area contributed by atoms with E-state index in [1.54, 1.807) is 0 Å². The minimum absolute atomic E-state index is 0.0738. The highest BCUT2D eigenvalue weighted by molar-refractivity contribution is 5.62. The molecule has 1 saturated heterocycles. The standard InChI is InChI=1S/C20H32O10/c1-2-3-4-5-6-7-10-26-20(25)30-15-9-8-13(28-15)12-27-19-18(24)17(23)16(22)14(11-21)29-19/h8-9,14,16-19,21-24H,2-7,10-12H2,1H3/t14-,16-,17+,18-,19+/m1/s1. The van der Waals surface area contributed by atoms with Gasteiger partial charge in [0.25, 0.3) is 5.95 Å². The Balaban J connectivity index is 1.69. The molecule has 30 heavy (non-hydrogen) atoms. The van der Waals surface area contributed by atoms with Crippen molar-refractivity contribution in [2.24, 2.45) is 0 Å². The second-order valence-electron chi connectivity index (χ2n) is 7.20. The predicted molar refractivity (Wildman–Crippen MR) is 103 cm³/mol. The lowest BCUT2D eigenvalue weighted by molar-refractivity contribution is -0.304. The normalized spacial score (nSPS) is 26.5. The maximum atomic E-state index is 11.7. The molecule has 10 nitrogen and oxygen atoms in total. The van der Waals surface area contributed by atoms with Gasteiger partial charge in [-0.3, -0.25) is 0 Å². The van der Waals surface area contributed by atoms with Crippen LogP contribution in [0.1, 0.15) is 51.2 Å². The van der Waals surface area contributed by atoms with Crippen LogP contribution in [0, 0.1) is 0 Å². The van der Waals surface area contributed by atoms with Gasteiger partial charge in [-0.15, -0.1) is 0 Å². The number of rotatable bonds is 12. The van der Waals surface area contributed by atoms with Crippen LogP contribution >= 0.6 is 0 Å². The molecule has 1 aliphatic heterocycles. The van der Waals surface area contributed by atoms with Crippen LogP contribution in [0.5, 0.6) is 5.95 Å². The summed E-state index contributed by atoms with van der Waals surface area (Å²) in [4.78, 5) is 11.7. The van der Waals surface area contributed by atoms with E-state index in [0.29, 0.717) is 0 Å². The Bertz CT molecular complexity index is 616. The zero-order valence-electron chi connectivity index (χ0n) is 17.1. The summed E-state index contributed by atoms with van der Waals surface area (Å²) in [5.74, 6) is 0.195. The first-order valence-corrected chi connectivity index (χ1v) is 10.3. The van der Waals surface area contributed by atoms with Crippen LogP contribution in [0.2, 0.25) is 0 Å². The van der Waals surface area contributed by atoms with Gasteiger partial charge in [0.05, 0.1) is 13.2 Å². The maximum absolute atomic E-state index is 11.7. The molecule has 10 heteroatoms. The average molecular weight is 432 g/mol. The summed E-state index contributed by atoms with van der Waals surface area (Å²) < 4.78 is 25.8. The Kier molecular flexibility index (Phi) is 10.6. The molecule has 0 amide bonds. The molecule has 2 heterocycles. The van der Waals surface area contributed by atoms with E-state index in [0.717, 1.165) is 19.3 Å². The van der Waals surface area contributed by atoms with Crippen molar-refractivity contribution in [3.63, 3.8) is 0 Å². The lowest BCUT2D eigenvalue weighted by Gasteiger charge is -2.39. The molecule has 5 atom stereocenters. The van der Waals surface area contributed by atoms with Crippen LogP contribution in [-0.4, -0.2) is 70.5 Å². The first-order chi connectivity index (χ1) is 14.5. The molecule has 0 radical (unpaired) electrons. The fourth-order valence-corrected chi connectivity index (χ4v) is 3.01. The van der Waals surface area contributed by atoms with Gasteiger partial charge in [0.2, 0.25) is 0 Å². The molecule has 0 saturated carbocycles. The second kappa shape index (κ2) is 12.9. The van der Waals surface area contributed by atoms with Crippen LogP contribution in [0.25, 0.3) is 0 Å². The van der Waals surface area contributed by atoms with Crippen LogP contribution in [0.4, 0.5) is 4.79 Å². The zero-order chi connectivity index (χ0) is 21.9. The lowest BCUT2D eigenvalue weighted by Crippen LogP contribution is -2.59. The molecule has 0 aromatic carbocycles. The van der Waals surface area contributed by atoms with Gasteiger partial charge in [-0.25, -0.2) is 4.79 Å². The summed E-state index contributed by atoms with van der Waals surface area (Å²) in [6, 6.07) is 2.92. The smallest absolute Gasteiger partial charge is 0.434 e. The summed E-state index contributed by atoms with van der Waals surface area (Å²) in [5, 5.41) is 38.6. The minimum Gasteiger partial charge on any atom is -0.434 e. The van der Waals surface area contributed by atoms with Crippen molar-refractivity contribution in [2.75, 3.05) is 13.2 Å². The quantitative estimate of drug-likeness (QED) is 0.283. The Morgan fingerprint density at radius 3 is 2.50 bits per heavy atom. The van der Waals surface area contributed by atoms with Crippen molar-refractivity contribution in [2.45, 2.75) is 82.8 Å². The number of carbonyl (C=O) groups is 1. The molecule has 0 aliphatic carbocycles. The molecule has 4 N–H and O–H groups in total. The van der Waals surface area contributed by atoms with Gasteiger partial charge >= 0.3 is 6.16 Å². The number of hydrogen-bond acceptors (Lipinski definition) is 10. The molecule has 0 bridgehead atoms. The Morgan fingerprint density at radius 2 is 1.77 bits per heavy atom. The number of ether oxygens (including phenoxy) is 4. The largest absolute Gasteiger partial charge is 0.516 e. The molecular weight excluding hydrogens is 400 g/mol. The van der Waals surface area contributed by atoms with E-state index >= 15 is 0 Å². The van der Waals surface area contributed by atoms with E-state index < -0.39 is 43.5 Å². The topological polar surface area (TPSA) is 148 Å². The molecule has 1 aromatic heterocycles. The molecule has 172 valence electrons. The monoisotopic (exact) mass is 432 g/mol. The summed E-state index contributed by atoms with van der Waals surface area (Å²) in [6.07, 6.45) is -1.25. The van der Waals surface area contributed by atoms with Gasteiger partial charge < -0.3 is 43.8 Å². The molecule has 0 unspecified atom stereocenters. The second-order valence-corrected chi connectivity index (χ2v) is 7.20. The first-order valence-electron chi connectivity index (χ1n) is 10.3. The van der Waals surface area contributed by atoms with E-state index in [9.17, 15) is 20.1 Å². The summed E-state index contributed by atoms with van der Waals surface area (Å²) in [7, 11) is 0. The van der Waals surface area contributed by atoms with E-state index in [1.807, 2.05) is 0 Å².